The summed E-state index contributed by atoms with van der Waals surface area (Å²) in [4.78, 5) is 14.8. The molecule has 0 aliphatic heterocycles. The molecule has 6 heteroatoms. The Morgan fingerprint density at radius 2 is 2.47 bits per heavy atom. The number of amides is 1. The van der Waals surface area contributed by atoms with E-state index >= 15 is 0 Å². The monoisotopic (exact) mass is 289 g/mol. The van der Waals surface area contributed by atoms with E-state index in [4.69, 9.17) is 0 Å². The Kier molecular flexibility index (Phi) is 3.35. The van der Waals surface area contributed by atoms with E-state index in [1.165, 1.54) is 19.0 Å². The summed E-state index contributed by atoms with van der Waals surface area (Å²) in [6, 6.07) is 0. The first kappa shape index (κ1) is 11.0. The molecule has 1 heterocycles. The van der Waals surface area contributed by atoms with Gasteiger partial charge in [0.25, 0.3) is 5.91 Å². The molecule has 0 atom stereocenters. The zero-order valence-corrected chi connectivity index (χ0v) is 10.8. The molecule has 0 unspecified atom stereocenters. The minimum atomic E-state index is 0.0306. The van der Waals surface area contributed by atoms with Crippen LogP contribution in [-0.2, 0) is 0 Å². The number of hydrogen-bond donors (Lipinski definition) is 0. The Labute approximate surface area is 101 Å². The van der Waals surface area contributed by atoms with Gasteiger partial charge in [-0.15, -0.1) is 5.10 Å². The van der Waals surface area contributed by atoms with Crippen LogP contribution in [0.25, 0.3) is 0 Å². The number of aromatic nitrogens is 2. The Hall–Kier alpha value is -0.490. The zero-order valence-electron chi connectivity index (χ0n) is 8.39. The standard InChI is InChI=1S/C9H12BrN3OS/c1-13(5-6-2-7(10)3-6)9(14)8-4-11-12-15-8/h4,6-7H,2-3,5H2,1H3. The number of nitrogens with zero attached hydrogens (tertiary/aromatic N) is 3. The summed E-state index contributed by atoms with van der Waals surface area (Å²) in [6.45, 7) is 0.832. The summed E-state index contributed by atoms with van der Waals surface area (Å²) in [5, 5.41) is 3.66. The third-order valence-corrected chi connectivity index (χ3v) is 4.03. The van der Waals surface area contributed by atoms with Crippen molar-refractivity contribution >= 4 is 33.4 Å². The van der Waals surface area contributed by atoms with Crippen LogP contribution in [0.5, 0.6) is 0 Å². The molecule has 2 rings (SSSR count). The Bertz CT molecular complexity index is 337. The smallest absolute Gasteiger partial charge is 0.266 e. The molecule has 0 aromatic carbocycles. The molecule has 0 radical (unpaired) electrons. The van der Waals surface area contributed by atoms with Crippen molar-refractivity contribution in [2.24, 2.45) is 5.92 Å². The first-order valence-corrected chi connectivity index (χ1v) is 6.52. The van der Waals surface area contributed by atoms with E-state index in [2.05, 4.69) is 25.5 Å². The van der Waals surface area contributed by atoms with Gasteiger partial charge in [-0.2, -0.15) is 0 Å². The van der Waals surface area contributed by atoms with Crippen LogP contribution >= 0.6 is 27.5 Å². The maximum Gasteiger partial charge on any atom is 0.266 e. The molecule has 0 bridgehead atoms. The third kappa shape index (κ3) is 2.55. The fraction of sp³-hybridized carbons (Fsp3) is 0.667. The molecule has 1 amide bonds. The molecule has 15 heavy (non-hydrogen) atoms. The average Bonchev–Trinajstić information content (AvgIpc) is 2.66. The number of rotatable bonds is 3. The number of alkyl halides is 1. The Balaban J connectivity index is 1.86. The molecular weight excluding hydrogens is 278 g/mol. The quantitative estimate of drug-likeness (QED) is 0.797. The highest BCUT2D eigenvalue weighted by atomic mass is 79.9. The summed E-state index contributed by atoms with van der Waals surface area (Å²) in [5.74, 6) is 0.673. The van der Waals surface area contributed by atoms with E-state index in [-0.39, 0.29) is 5.91 Å². The highest BCUT2D eigenvalue weighted by Crippen LogP contribution is 2.33. The topological polar surface area (TPSA) is 46.1 Å². The predicted octanol–water partition coefficient (Wildman–Crippen LogP) is 1.78. The highest BCUT2D eigenvalue weighted by Gasteiger charge is 2.29. The van der Waals surface area contributed by atoms with E-state index in [0.29, 0.717) is 15.6 Å². The van der Waals surface area contributed by atoms with Gasteiger partial charge in [0.2, 0.25) is 0 Å². The molecule has 4 nitrogen and oxygen atoms in total. The third-order valence-electron chi connectivity index (χ3n) is 2.63. The molecule has 1 aliphatic rings. The summed E-state index contributed by atoms with van der Waals surface area (Å²) < 4.78 is 3.69. The van der Waals surface area contributed by atoms with E-state index in [1.807, 2.05) is 7.05 Å². The van der Waals surface area contributed by atoms with Gasteiger partial charge in [0, 0.05) is 18.4 Å². The summed E-state index contributed by atoms with van der Waals surface area (Å²) in [7, 11) is 1.84. The molecular formula is C9H12BrN3OS. The van der Waals surface area contributed by atoms with Gasteiger partial charge in [0.1, 0.15) is 4.88 Å². The van der Waals surface area contributed by atoms with Crippen molar-refractivity contribution < 1.29 is 4.79 Å². The van der Waals surface area contributed by atoms with Crippen LogP contribution in [0.3, 0.4) is 0 Å². The van der Waals surface area contributed by atoms with Crippen molar-refractivity contribution in [1.82, 2.24) is 14.5 Å². The first-order valence-electron chi connectivity index (χ1n) is 4.83. The lowest BCUT2D eigenvalue weighted by atomic mass is 9.85. The van der Waals surface area contributed by atoms with Crippen molar-refractivity contribution in [3.8, 4) is 0 Å². The molecule has 1 aromatic heterocycles. The fourth-order valence-electron chi connectivity index (χ4n) is 1.72. The predicted molar refractivity (Wildman–Crippen MR) is 62.3 cm³/mol. The molecule has 0 saturated heterocycles. The molecule has 82 valence electrons. The number of carbonyl (C=O) groups excluding carboxylic acids is 1. The van der Waals surface area contributed by atoms with Crippen molar-refractivity contribution in [2.45, 2.75) is 17.7 Å². The van der Waals surface area contributed by atoms with E-state index in [0.717, 1.165) is 18.1 Å². The van der Waals surface area contributed by atoms with Gasteiger partial charge in [0.05, 0.1) is 6.20 Å². The summed E-state index contributed by atoms with van der Waals surface area (Å²) >= 11 is 4.70. The molecule has 1 aromatic rings. The highest BCUT2D eigenvalue weighted by molar-refractivity contribution is 9.09. The molecule has 1 saturated carbocycles. The van der Waals surface area contributed by atoms with Gasteiger partial charge in [-0.05, 0) is 30.3 Å². The molecule has 1 aliphatic carbocycles. The van der Waals surface area contributed by atoms with E-state index in [1.54, 1.807) is 4.90 Å². The maximum atomic E-state index is 11.8. The SMILES string of the molecule is CN(CC1CC(Br)C1)C(=O)c1cnns1. The van der Waals surface area contributed by atoms with Gasteiger partial charge in [-0.25, -0.2) is 0 Å². The lowest BCUT2D eigenvalue weighted by Crippen LogP contribution is -2.37. The van der Waals surface area contributed by atoms with Crippen LogP contribution in [0.4, 0.5) is 0 Å². The minimum absolute atomic E-state index is 0.0306. The van der Waals surface area contributed by atoms with Gasteiger partial charge in [-0.1, -0.05) is 20.4 Å². The van der Waals surface area contributed by atoms with Gasteiger partial charge in [-0.3, -0.25) is 4.79 Å². The summed E-state index contributed by atoms with van der Waals surface area (Å²) in [6.07, 6.45) is 3.86. The van der Waals surface area contributed by atoms with E-state index < -0.39 is 0 Å². The molecule has 0 spiro atoms. The van der Waals surface area contributed by atoms with Crippen LogP contribution in [0.2, 0.25) is 0 Å². The van der Waals surface area contributed by atoms with Gasteiger partial charge < -0.3 is 4.90 Å². The molecule has 1 fully saturated rings. The molecule has 0 N–H and O–H groups in total. The first-order chi connectivity index (χ1) is 7.16. The lowest BCUT2D eigenvalue weighted by Gasteiger charge is -2.34. The lowest BCUT2D eigenvalue weighted by molar-refractivity contribution is 0.0753. The normalized spacial score (nSPS) is 24.7. The second-order valence-electron chi connectivity index (χ2n) is 3.90. The number of halogens is 1. The van der Waals surface area contributed by atoms with E-state index in [9.17, 15) is 4.79 Å². The van der Waals surface area contributed by atoms with Crippen molar-refractivity contribution in [1.29, 1.82) is 0 Å². The number of hydrogen-bond acceptors (Lipinski definition) is 4. The largest absolute Gasteiger partial charge is 0.341 e. The van der Waals surface area contributed by atoms with Crippen molar-refractivity contribution in [3.63, 3.8) is 0 Å². The average molecular weight is 290 g/mol. The van der Waals surface area contributed by atoms with Crippen LogP contribution in [0.1, 0.15) is 22.5 Å². The van der Waals surface area contributed by atoms with Crippen molar-refractivity contribution in [3.05, 3.63) is 11.1 Å². The number of carbonyl (C=O) groups is 1. The Morgan fingerprint density at radius 1 is 1.73 bits per heavy atom. The minimum Gasteiger partial charge on any atom is -0.341 e. The van der Waals surface area contributed by atoms with Crippen LogP contribution in [0, 0.1) is 5.92 Å². The Morgan fingerprint density at radius 3 is 3.00 bits per heavy atom. The zero-order chi connectivity index (χ0) is 10.8. The van der Waals surface area contributed by atoms with Crippen LogP contribution in [-0.4, -0.2) is 38.8 Å². The fourth-order valence-corrected chi connectivity index (χ4v) is 3.29. The van der Waals surface area contributed by atoms with Crippen molar-refractivity contribution in [2.75, 3.05) is 13.6 Å². The second-order valence-corrected chi connectivity index (χ2v) is 5.98. The van der Waals surface area contributed by atoms with Crippen LogP contribution in [0.15, 0.2) is 6.20 Å². The summed E-state index contributed by atoms with van der Waals surface area (Å²) in [5.41, 5.74) is 0. The van der Waals surface area contributed by atoms with Gasteiger partial charge in [0.15, 0.2) is 0 Å². The maximum absolute atomic E-state index is 11.8. The van der Waals surface area contributed by atoms with Crippen LogP contribution < -0.4 is 0 Å². The second kappa shape index (κ2) is 4.57. The van der Waals surface area contributed by atoms with Gasteiger partial charge >= 0.3 is 0 Å².